The predicted octanol–water partition coefficient (Wildman–Crippen LogP) is 7.47. The zero-order valence-electron chi connectivity index (χ0n) is 19.5. The van der Waals surface area contributed by atoms with Crippen molar-refractivity contribution in [2.45, 2.75) is 47.3 Å². The van der Waals surface area contributed by atoms with Crippen LogP contribution in [0.15, 0.2) is 43.8 Å². The van der Waals surface area contributed by atoms with E-state index in [4.69, 9.17) is 0 Å². The molecule has 0 atom stereocenters. The van der Waals surface area contributed by atoms with E-state index in [0.717, 1.165) is 42.6 Å². The van der Waals surface area contributed by atoms with Crippen LogP contribution in [0.2, 0.25) is 0 Å². The zero-order valence-corrected chi connectivity index (χ0v) is 22.7. The maximum absolute atomic E-state index is 13.6. The molecule has 0 aliphatic heterocycles. The summed E-state index contributed by atoms with van der Waals surface area (Å²) in [6.07, 6.45) is 0. The van der Waals surface area contributed by atoms with E-state index in [9.17, 15) is 19.8 Å². The molecule has 0 amide bonds. The average molecular weight is 531 g/mol. The van der Waals surface area contributed by atoms with Crippen molar-refractivity contribution in [2.75, 3.05) is 23.0 Å². The molecule has 0 fully saturated rings. The Morgan fingerprint density at radius 1 is 0.559 bits per heavy atom. The molecule has 0 bridgehead atoms. The topological polar surface area (TPSA) is 74.6 Å². The van der Waals surface area contributed by atoms with Crippen molar-refractivity contribution in [2.24, 2.45) is 0 Å². The Balaban J connectivity index is 2.00. The first-order chi connectivity index (χ1) is 16.4. The van der Waals surface area contributed by atoms with Crippen LogP contribution < -0.4 is 0 Å². The van der Waals surface area contributed by atoms with Gasteiger partial charge in [-0.05, 0) is 47.3 Å². The molecule has 4 rings (SSSR count). The smallest absolute Gasteiger partial charge is 0.198 e. The number of phenols is 2. The van der Waals surface area contributed by atoms with E-state index in [0.29, 0.717) is 10.8 Å². The molecule has 0 radical (unpaired) electrons. The second kappa shape index (κ2) is 10.5. The number of aromatic hydroxyl groups is 2. The van der Waals surface area contributed by atoms with Crippen LogP contribution in [0.5, 0.6) is 11.5 Å². The number of carbonyl (C=O) groups excluding carboxylic acids is 2. The molecule has 3 aromatic carbocycles. The fraction of sp³-hybridized carbons (Fsp3) is 0.308. The fourth-order valence-electron chi connectivity index (χ4n) is 4.18. The lowest BCUT2D eigenvalue weighted by Gasteiger charge is -2.23. The molecule has 178 valence electrons. The molecule has 0 heterocycles. The SMILES string of the molecule is CCSc1cc2c(cc1SCC)C(=O)c1c(c(O)c3cc(SCC)c(SCC)cc3c1O)C2=O. The summed E-state index contributed by atoms with van der Waals surface area (Å²) in [6, 6.07) is 7.18. The van der Waals surface area contributed by atoms with Gasteiger partial charge in [-0.3, -0.25) is 9.59 Å². The van der Waals surface area contributed by atoms with Crippen molar-refractivity contribution in [3.05, 3.63) is 46.5 Å². The number of hydrogen-bond donors (Lipinski definition) is 2. The third kappa shape index (κ3) is 4.23. The van der Waals surface area contributed by atoms with Crippen LogP contribution in [0, 0.1) is 0 Å². The summed E-state index contributed by atoms with van der Waals surface area (Å²) >= 11 is 6.53. The number of rotatable bonds is 8. The van der Waals surface area contributed by atoms with Crippen molar-refractivity contribution >= 4 is 69.4 Å². The zero-order chi connectivity index (χ0) is 24.6. The van der Waals surface area contributed by atoms with Crippen LogP contribution in [-0.2, 0) is 0 Å². The summed E-state index contributed by atoms with van der Waals surface area (Å²) in [5.74, 6) is 2.03. The van der Waals surface area contributed by atoms with E-state index < -0.39 is 11.6 Å². The first-order valence-corrected chi connectivity index (χ1v) is 15.2. The minimum atomic E-state index is -0.429. The highest BCUT2D eigenvalue weighted by Gasteiger charge is 2.37. The Bertz CT molecular complexity index is 1220. The van der Waals surface area contributed by atoms with Crippen molar-refractivity contribution in [3.8, 4) is 11.5 Å². The van der Waals surface area contributed by atoms with Gasteiger partial charge in [0, 0.05) is 41.5 Å². The van der Waals surface area contributed by atoms with Crippen molar-refractivity contribution in [1.82, 2.24) is 0 Å². The van der Waals surface area contributed by atoms with Gasteiger partial charge in [-0.15, -0.1) is 47.0 Å². The molecule has 2 N–H and O–H groups in total. The molecule has 0 spiro atoms. The molecular formula is C26H26O4S4. The van der Waals surface area contributed by atoms with E-state index >= 15 is 0 Å². The fourth-order valence-corrected chi connectivity index (χ4v) is 7.74. The third-order valence-electron chi connectivity index (χ3n) is 5.54. The Hall–Kier alpha value is -1.74. The molecule has 8 heteroatoms. The van der Waals surface area contributed by atoms with Gasteiger partial charge in [0.25, 0.3) is 0 Å². The highest BCUT2D eigenvalue weighted by atomic mass is 32.2. The van der Waals surface area contributed by atoms with Gasteiger partial charge in [0.2, 0.25) is 0 Å². The van der Waals surface area contributed by atoms with E-state index in [1.807, 2.05) is 26.0 Å². The molecule has 0 unspecified atom stereocenters. The molecule has 1 aliphatic rings. The first kappa shape index (κ1) is 25.4. The van der Waals surface area contributed by atoms with Gasteiger partial charge in [0.1, 0.15) is 11.5 Å². The molecule has 0 saturated carbocycles. The van der Waals surface area contributed by atoms with E-state index in [-0.39, 0.29) is 33.8 Å². The number of ketones is 2. The number of hydrogen-bond acceptors (Lipinski definition) is 8. The van der Waals surface area contributed by atoms with Gasteiger partial charge in [-0.25, -0.2) is 0 Å². The molecule has 1 aliphatic carbocycles. The second-order valence-corrected chi connectivity index (χ2v) is 12.7. The third-order valence-corrected chi connectivity index (χ3v) is 9.55. The largest absolute Gasteiger partial charge is 0.506 e. The summed E-state index contributed by atoms with van der Waals surface area (Å²) < 4.78 is 0. The van der Waals surface area contributed by atoms with Crippen LogP contribution in [0.1, 0.15) is 59.5 Å². The lowest BCUT2D eigenvalue weighted by atomic mass is 9.81. The highest BCUT2D eigenvalue weighted by molar-refractivity contribution is 8.02. The Labute approximate surface area is 216 Å². The van der Waals surface area contributed by atoms with Gasteiger partial charge < -0.3 is 10.2 Å². The maximum Gasteiger partial charge on any atom is 0.198 e. The standard InChI is InChI=1S/C26H26O4S4/c1-5-31-17-9-13-14(10-18(17)32-6-2)24(28)22-21(23(13)27)25(29)15-11-19(33-7-3)20(34-8-4)12-16(15)26(22)30/h9-12,27-28H,5-8H2,1-4H3. The first-order valence-electron chi connectivity index (χ1n) is 11.2. The second-order valence-electron chi connectivity index (χ2n) is 7.53. The van der Waals surface area contributed by atoms with Gasteiger partial charge >= 0.3 is 0 Å². The van der Waals surface area contributed by atoms with Crippen LogP contribution >= 0.6 is 47.0 Å². The minimum absolute atomic E-state index is 0.103. The van der Waals surface area contributed by atoms with E-state index in [1.54, 1.807) is 59.2 Å². The monoisotopic (exact) mass is 530 g/mol. The van der Waals surface area contributed by atoms with E-state index in [2.05, 4.69) is 13.8 Å². The van der Waals surface area contributed by atoms with Gasteiger partial charge in [0.05, 0.1) is 11.1 Å². The highest BCUT2D eigenvalue weighted by Crippen LogP contribution is 2.48. The quantitative estimate of drug-likeness (QED) is 0.179. The van der Waals surface area contributed by atoms with Crippen LogP contribution in [0.3, 0.4) is 0 Å². The maximum atomic E-state index is 13.6. The van der Waals surface area contributed by atoms with Crippen molar-refractivity contribution in [3.63, 3.8) is 0 Å². The normalized spacial score (nSPS) is 12.8. The summed E-state index contributed by atoms with van der Waals surface area (Å²) in [5.41, 5.74) is 0.358. The van der Waals surface area contributed by atoms with Crippen molar-refractivity contribution in [1.29, 1.82) is 0 Å². The Morgan fingerprint density at radius 3 is 1.15 bits per heavy atom. The number of benzene rings is 3. The minimum Gasteiger partial charge on any atom is -0.506 e. The van der Waals surface area contributed by atoms with Crippen molar-refractivity contribution < 1.29 is 19.8 Å². The summed E-state index contributed by atoms with van der Waals surface area (Å²) in [6.45, 7) is 8.19. The molecule has 4 nitrogen and oxygen atoms in total. The van der Waals surface area contributed by atoms with Gasteiger partial charge in [-0.2, -0.15) is 0 Å². The predicted molar refractivity (Wildman–Crippen MR) is 146 cm³/mol. The lowest BCUT2D eigenvalue weighted by Crippen LogP contribution is -2.22. The molecule has 34 heavy (non-hydrogen) atoms. The lowest BCUT2D eigenvalue weighted by molar-refractivity contribution is 0.0974. The van der Waals surface area contributed by atoms with E-state index in [1.165, 1.54) is 0 Å². The molecule has 3 aromatic rings. The number of carbonyl (C=O) groups is 2. The summed E-state index contributed by atoms with van der Waals surface area (Å²) in [4.78, 5) is 31.1. The Morgan fingerprint density at radius 2 is 0.853 bits per heavy atom. The Kier molecular flexibility index (Phi) is 7.82. The number of thioether (sulfide) groups is 4. The average Bonchev–Trinajstić information content (AvgIpc) is 2.81. The molecule has 0 saturated heterocycles. The van der Waals surface area contributed by atoms with Gasteiger partial charge in [-0.1, -0.05) is 27.7 Å². The number of fused-ring (bicyclic) bond motifs is 3. The number of phenolic OH excluding ortho intramolecular Hbond substituents is 2. The molecular weight excluding hydrogens is 505 g/mol. The van der Waals surface area contributed by atoms with Gasteiger partial charge in [0.15, 0.2) is 11.6 Å². The summed E-state index contributed by atoms with van der Waals surface area (Å²) in [5, 5.41) is 23.3. The van der Waals surface area contributed by atoms with Crippen LogP contribution in [-0.4, -0.2) is 44.8 Å². The molecule has 0 aromatic heterocycles. The van der Waals surface area contributed by atoms with Crippen LogP contribution in [0.25, 0.3) is 10.8 Å². The van der Waals surface area contributed by atoms with Crippen LogP contribution in [0.4, 0.5) is 0 Å². The summed E-state index contributed by atoms with van der Waals surface area (Å²) in [7, 11) is 0.